The van der Waals surface area contributed by atoms with Crippen LogP contribution < -0.4 is 5.32 Å². The van der Waals surface area contributed by atoms with Crippen molar-refractivity contribution in [2.75, 3.05) is 18.9 Å². The monoisotopic (exact) mass is 266 g/mol. The highest BCUT2D eigenvalue weighted by Gasteiger charge is 2.33. The van der Waals surface area contributed by atoms with E-state index in [2.05, 4.69) is 12.2 Å². The molecular formula is C14H19ClN2O. The predicted molar refractivity (Wildman–Crippen MR) is 75.3 cm³/mol. The van der Waals surface area contributed by atoms with Crippen molar-refractivity contribution in [3.8, 4) is 0 Å². The zero-order valence-electron chi connectivity index (χ0n) is 10.9. The predicted octanol–water partition coefficient (Wildman–Crippen LogP) is 3.40. The van der Waals surface area contributed by atoms with Gasteiger partial charge in [-0.15, -0.1) is 0 Å². The zero-order valence-corrected chi connectivity index (χ0v) is 11.6. The Morgan fingerprint density at radius 1 is 1.50 bits per heavy atom. The summed E-state index contributed by atoms with van der Waals surface area (Å²) in [5.41, 5.74) is 1.51. The lowest BCUT2D eigenvalue weighted by atomic mass is 10.1. The molecule has 0 saturated heterocycles. The van der Waals surface area contributed by atoms with Gasteiger partial charge in [0.1, 0.15) is 0 Å². The Bertz CT molecular complexity index is 443. The van der Waals surface area contributed by atoms with Crippen molar-refractivity contribution in [1.29, 1.82) is 0 Å². The van der Waals surface area contributed by atoms with E-state index >= 15 is 0 Å². The summed E-state index contributed by atoms with van der Waals surface area (Å²) in [6.45, 7) is 2.92. The number of hydrogen-bond acceptors (Lipinski definition) is 2. The fourth-order valence-electron chi connectivity index (χ4n) is 2.14. The van der Waals surface area contributed by atoms with Crippen LogP contribution in [0.25, 0.3) is 0 Å². The summed E-state index contributed by atoms with van der Waals surface area (Å²) >= 11 is 6.00. The Morgan fingerprint density at radius 3 is 2.78 bits per heavy atom. The molecular weight excluding hydrogens is 248 g/mol. The molecule has 1 amide bonds. The molecule has 1 aliphatic rings. The first-order valence-corrected chi connectivity index (χ1v) is 6.83. The van der Waals surface area contributed by atoms with Crippen LogP contribution in [0.1, 0.15) is 36.5 Å². The van der Waals surface area contributed by atoms with Crippen molar-refractivity contribution in [2.45, 2.75) is 32.2 Å². The molecule has 1 saturated carbocycles. The van der Waals surface area contributed by atoms with Crippen LogP contribution in [-0.2, 0) is 0 Å². The van der Waals surface area contributed by atoms with Gasteiger partial charge in [-0.25, -0.2) is 0 Å². The number of nitrogens with one attached hydrogen (secondary N) is 1. The van der Waals surface area contributed by atoms with Gasteiger partial charge in [-0.1, -0.05) is 18.5 Å². The molecule has 3 nitrogen and oxygen atoms in total. The van der Waals surface area contributed by atoms with Crippen LogP contribution in [0.15, 0.2) is 18.2 Å². The van der Waals surface area contributed by atoms with E-state index in [9.17, 15) is 4.79 Å². The summed E-state index contributed by atoms with van der Waals surface area (Å²) in [6, 6.07) is 5.83. The largest absolute Gasteiger partial charge is 0.387 e. The molecule has 2 rings (SSSR count). The van der Waals surface area contributed by atoms with E-state index in [1.165, 1.54) is 0 Å². The van der Waals surface area contributed by atoms with Gasteiger partial charge in [-0.05, 0) is 37.5 Å². The van der Waals surface area contributed by atoms with Crippen LogP contribution in [0, 0.1) is 0 Å². The standard InChI is InChI=1S/C14H19ClN2O/c1-3-8-17(11-5-6-11)14(18)12-9-10(15)4-7-13(12)16-2/h4,7,9,11,16H,3,5-6,8H2,1-2H3. The first kappa shape index (κ1) is 13.2. The van der Waals surface area contributed by atoms with Gasteiger partial charge < -0.3 is 10.2 Å². The minimum absolute atomic E-state index is 0.0891. The zero-order chi connectivity index (χ0) is 13.1. The molecule has 4 heteroatoms. The van der Waals surface area contributed by atoms with Gasteiger partial charge in [0.2, 0.25) is 0 Å². The Labute approximate surface area is 113 Å². The van der Waals surface area contributed by atoms with E-state index in [0.29, 0.717) is 16.6 Å². The van der Waals surface area contributed by atoms with Crippen LogP contribution in [0.2, 0.25) is 5.02 Å². The van der Waals surface area contributed by atoms with Crippen LogP contribution in [-0.4, -0.2) is 30.4 Å². The lowest BCUT2D eigenvalue weighted by Gasteiger charge is -2.23. The van der Waals surface area contributed by atoms with Crippen molar-refractivity contribution in [3.63, 3.8) is 0 Å². The average molecular weight is 267 g/mol. The van der Waals surface area contributed by atoms with E-state index in [0.717, 1.165) is 31.5 Å². The first-order chi connectivity index (χ1) is 8.67. The maximum Gasteiger partial charge on any atom is 0.256 e. The minimum atomic E-state index is 0.0891. The third kappa shape index (κ3) is 2.78. The smallest absolute Gasteiger partial charge is 0.256 e. The van der Waals surface area contributed by atoms with Crippen LogP contribution >= 0.6 is 11.6 Å². The molecule has 0 atom stereocenters. The second-order valence-electron chi connectivity index (χ2n) is 4.67. The first-order valence-electron chi connectivity index (χ1n) is 6.45. The fraction of sp³-hybridized carbons (Fsp3) is 0.500. The minimum Gasteiger partial charge on any atom is -0.387 e. The SMILES string of the molecule is CCCN(C(=O)c1cc(Cl)ccc1NC)C1CC1. The molecule has 0 bridgehead atoms. The summed E-state index contributed by atoms with van der Waals surface area (Å²) < 4.78 is 0. The molecule has 0 unspecified atom stereocenters. The van der Waals surface area contributed by atoms with E-state index in [-0.39, 0.29) is 5.91 Å². The number of halogens is 1. The average Bonchev–Trinajstić information content (AvgIpc) is 3.19. The molecule has 0 aromatic heterocycles. The van der Waals surface area contributed by atoms with Gasteiger partial charge in [-0.3, -0.25) is 4.79 Å². The van der Waals surface area contributed by atoms with Gasteiger partial charge in [0, 0.05) is 30.3 Å². The molecule has 0 aliphatic heterocycles. The Morgan fingerprint density at radius 2 is 2.22 bits per heavy atom. The number of carbonyl (C=O) groups excluding carboxylic acids is 1. The number of rotatable bonds is 5. The summed E-state index contributed by atoms with van der Waals surface area (Å²) in [7, 11) is 1.82. The number of anilines is 1. The number of nitrogens with zero attached hydrogens (tertiary/aromatic N) is 1. The number of hydrogen-bond donors (Lipinski definition) is 1. The fourth-order valence-corrected chi connectivity index (χ4v) is 2.32. The summed E-state index contributed by atoms with van der Waals surface area (Å²) in [4.78, 5) is 14.6. The molecule has 1 N–H and O–H groups in total. The lowest BCUT2D eigenvalue weighted by Crippen LogP contribution is -2.34. The molecule has 1 aliphatic carbocycles. The Kier molecular flexibility index (Phi) is 4.12. The van der Waals surface area contributed by atoms with Crippen molar-refractivity contribution < 1.29 is 4.79 Å². The molecule has 0 heterocycles. The van der Waals surface area contributed by atoms with Gasteiger partial charge >= 0.3 is 0 Å². The number of carbonyl (C=O) groups is 1. The number of benzene rings is 1. The van der Waals surface area contributed by atoms with Crippen LogP contribution in [0.5, 0.6) is 0 Å². The van der Waals surface area contributed by atoms with Gasteiger partial charge in [0.15, 0.2) is 0 Å². The van der Waals surface area contributed by atoms with E-state index < -0.39 is 0 Å². The summed E-state index contributed by atoms with van der Waals surface area (Å²) in [5, 5.41) is 3.66. The van der Waals surface area contributed by atoms with E-state index in [1.54, 1.807) is 12.1 Å². The van der Waals surface area contributed by atoms with Crippen molar-refractivity contribution >= 4 is 23.2 Å². The Balaban J connectivity index is 2.28. The topological polar surface area (TPSA) is 32.3 Å². The summed E-state index contributed by atoms with van der Waals surface area (Å²) in [5.74, 6) is 0.0891. The van der Waals surface area contributed by atoms with Crippen molar-refractivity contribution in [2.24, 2.45) is 0 Å². The maximum absolute atomic E-state index is 12.6. The lowest BCUT2D eigenvalue weighted by molar-refractivity contribution is 0.0744. The van der Waals surface area contributed by atoms with Gasteiger partial charge in [-0.2, -0.15) is 0 Å². The second-order valence-corrected chi connectivity index (χ2v) is 5.11. The third-order valence-corrected chi connectivity index (χ3v) is 3.43. The van der Waals surface area contributed by atoms with Crippen molar-refractivity contribution in [3.05, 3.63) is 28.8 Å². The highest BCUT2D eigenvalue weighted by Crippen LogP contribution is 2.30. The normalized spacial score (nSPS) is 14.4. The molecule has 0 radical (unpaired) electrons. The highest BCUT2D eigenvalue weighted by atomic mass is 35.5. The van der Waals surface area contributed by atoms with E-state index in [1.807, 2.05) is 18.0 Å². The molecule has 1 aromatic rings. The van der Waals surface area contributed by atoms with Gasteiger partial charge in [0.05, 0.1) is 5.56 Å². The third-order valence-electron chi connectivity index (χ3n) is 3.19. The van der Waals surface area contributed by atoms with Crippen LogP contribution in [0.3, 0.4) is 0 Å². The van der Waals surface area contributed by atoms with E-state index in [4.69, 9.17) is 11.6 Å². The van der Waals surface area contributed by atoms with Crippen molar-refractivity contribution in [1.82, 2.24) is 4.90 Å². The molecule has 1 fully saturated rings. The number of amides is 1. The van der Waals surface area contributed by atoms with Gasteiger partial charge in [0.25, 0.3) is 5.91 Å². The maximum atomic E-state index is 12.6. The Hall–Kier alpha value is -1.22. The molecule has 18 heavy (non-hydrogen) atoms. The second kappa shape index (κ2) is 5.61. The quantitative estimate of drug-likeness (QED) is 0.886. The molecule has 0 spiro atoms. The summed E-state index contributed by atoms with van der Waals surface area (Å²) in [6.07, 6.45) is 3.24. The molecule has 98 valence electrons. The van der Waals surface area contributed by atoms with Crippen LogP contribution in [0.4, 0.5) is 5.69 Å². The highest BCUT2D eigenvalue weighted by molar-refractivity contribution is 6.31. The molecule has 1 aromatic carbocycles.